The third-order valence-electron chi connectivity index (χ3n) is 4.90. The van der Waals surface area contributed by atoms with Crippen LogP contribution in [-0.4, -0.2) is 5.71 Å². The summed E-state index contributed by atoms with van der Waals surface area (Å²) in [5.41, 5.74) is 8.52. The van der Waals surface area contributed by atoms with Crippen molar-refractivity contribution < 1.29 is 0 Å². The normalized spacial score (nSPS) is 17.4. The van der Waals surface area contributed by atoms with Crippen molar-refractivity contribution in [1.29, 1.82) is 0 Å². The summed E-state index contributed by atoms with van der Waals surface area (Å²) in [6, 6.07) is 23.2. The third kappa shape index (κ3) is 1.83. The molecule has 0 aromatic heterocycles. The fourth-order valence-corrected chi connectivity index (χ4v) is 4.11. The van der Waals surface area contributed by atoms with Gasteiger partial charge < -0.3 is 0 Å². The Hall–Kier alpha value is -2.38. The fraction of sp³-hybridized carbons (Fsp3) is 0.0952. The van der Waals surface area contributed by atoms with Crippen LogP contribution >= 0.6 is 11.6 Å². The second kappa shape index (κ2) is 4.81. The highest BCUT2D eigenvalue weighted by molar-refractivity contribution is 6.32. The van der Waals surface area contributed by atoms with Crippen LogP contribution in [-0.2, 0) is 6.42 Å². The first-order chi connectivity index (χ1) is 11.3. The van der Waals surface area contributed by atoms with Crippen LogP contribution < -0.4 is 0 Å². The fourth-order valence-electron chi connectivity index (χ4n) is 3.86. The molecule has 3 aromatic rings. The van der Waals surface area contributed by atoms with E-state index >= 15 is 0 Å². The summed E-state index contributed by atoms with van der Waals surface area (Å²) < 4.78 is 0. The molecule has 2 heteroatoms. The molecule has 0 fully saturated rings. The van der Waals surface area contributed by atoms with Gasteiger partial charge in [0.2, 0.25) is 0 Å². The molecule has 0 N–H and O–H groups in total. The number of halogens is 1. The summed E-state index contributed by atoms with van der Waals surface area (Å²) in [4.78, 5) is 4.96. The monoisotopic (exact) mass is 315 g/mol. The van der Waals surface area contributed by atoms with Gasteiger partial charge in [-0.1, -0.05) is 66.2 Å². The standard InChI is InChI=1S/C21H14ClN/c22-19-10-5-9-14-13-6-1-2-8-16(13)21-18(12-17(14)19)15-7-3-4-11-20(15)23-21/h1-11,18H,12H2. The van der Waals surface area contributed by atoms with Crippen molar-refractivity contribution in [1.82, 2.24) is 0 Å². The van der Waals surface area contributed by atoms with E-state index in [-0.39, 0.29) is 5.92 Å². The van der Waals surface area contributed by atoms with Crippen LogP contribution in [0.25, 0.3) is 11.1 Å². The van der Waals surface area contributed by atoms with Crippen LogP contribution in [0, 0.1) is 0 Å². The Morgan fingerprint density at radius 2 is 1.52 bits per heavy atom. The van der Waals surface area contributed by atoms with Crippen molar-refractivity contribution in [3.8, 4) is 11.1 Å². The first-order valence-electron chi connectivity index (χ1n) is 7.87. The zero-order chi connectivity index (χ0) is 15.4. The van der Waals surface area contributed by atoms with Gasteiger partial charge in [0.15, 0.2) is 0 Å². The maximum Gasteiger partial charge on any atom is 0.0672 e. The van der Waals surface area contributed by atoms with Gasteiger partial charge in [0.05, 0.1) is 11.4 Å². The lowest BCUT2D eigenvalue weighted by atomic mass is 9.88. The van der Waals surface area contributed by atoms with Gasteiger partial charge in [-0.15, -0.1) is 0 Å². The molecule has 1 aliphatic heterocycles. The largest absolute Gasteiger partial charge is 0.252 e. The third-order valence-corrected chi connectivity index (χ3v) is 5.26. The van der Waals surface area contributed by atoms with Gasteiger partial charge in [0.1, 0.15) is 0 Å². The lowest BCUT2D eigenvalue weighted by Crippen LogP contribution is -2.11. The minimum absolute atomic E-state index is 0.286. The van der Waals surface area contributed by atoms with E-state index in [9.17, 15) is 0 Å². The second-order valence-corrected chi connectivity index (χ2v) is 6.53. The predicted octanol–water partition coefficient (Wildman–Crippen LogP) is 5.78. The van der Waals surface area contributed by atoms with Gasteiger partial charge in [-0.3, -0.25) is 4.99 Å². The lowest BCUT2D eigenvalue weighted by molar-refractivity contribution is 0.905. The maximum absolute atomic E-state index is 6.56. The van der Waals surface area contributed by atoms with E-state index in [4.69, 9.17) is 16.6 Å². The van der Waals surface area contributed by atoms with E-state index in [1.807, 2.05) is 12.1 Å². The molecule has 0 spiro atoms. The molecule has 0 amide bonds. The SMILES string of the molecule is Clc1cccc2c1CC1C(=Nc3ccccc31)c1ccccc1-2. The number of hydrogen-bond donors (Lipinski definition) is 0. The maximum atomic E-state index is 6.56. The summed E-state index contributed by atoms with van der Waals surface area (Å²) >= 11 is 6.56. The van der Waals surface area contributed by atoms with Crippen LogP contribution in [0.3, 0.4) is 0 Å². The molecule has 0 saturated carbocycles. The molecular formula is C21H14ClN. The summed E-state index contributed by atoms with van der Waals surface area (Å²) in [7, 11) is 0. The Kier molecular flexibility index (Phi) is 2.74. The minimum atomic E-state index is 0.286. The summed E-state index contributed by atoms with van der Waals surface area (Å²) in [5.74, 6) is 0.286. The Balaban J connectivity index is 1.85. The van der Waals surface area contributed by atoms with Gasteiger partial charge in [-0.05, 0) is 40.8 Å². The molecular weight excluding hydrogens is 302 g/mol. The van der Waals surface area contributed by atoms with Crippen molar-refractivity contribution in [3.63, 3.8) is 0 Å². The topological polar surface area (TPSA) is 12.4 Å². The van der Waals surface area contributed by atoms with E-state index in [0.717, 1.165) is 17.1 Å². The molecule has 3 aromatic carbocycles. The molecule has 0 radical (unpaired) electrons. The van der Waals surface area contributed by atoms with E-state index in [1.54, 1.807) is 0 Å². The molecule has 0 bridgehead atoms. The van der Waals surface area contributed by atoms with E-state index < -0.39 is 0 Å². The van der Waals surface area contributed by atoms with Gasteiger partial charge in [0, 0.05) is 16.5 Å². The van der Waals surface area contributed by atoms with Gasteiger partial charge >= 0.3 is 0 Å². The summed E-state index contributed by atoms with van der Waals surface area (Å²) in [5, 5.41) is 0.850. The molecule has 5 rings (SSSR count). The number of rotatable bonds is 0. The van der Waals surface area contributed by atoms with E-state index in [1.165, 1.54) is 33.5 Å². The van der Waals surface area contributed by atoms with Crippen LogP contribution in [0.2, 0.25) is 5.02 Å². The minimum Gasteiger partial charge on any atom is -0.252 e. The van der Waals surface area contributed by atoms with Crippen molar-refractivity contribution in [2.45, 2.75) is 12.3 Å². The molecule has 1 atom stereocenters. The molecule has 110 valence electrons. The number of nitrogens with zero attached hydrogens (tertiary/aromatic N) is 1. The van der Waals surface area contributed by atoms with E-state index in [2.05, 4.69) is 54.6 Å². The Labute approximate surface area is 140 Å². The van der Waals surface area contributed by atoms with Crippen LogP contribution in [0.15, 0.2) is 71.7 Å². The van der Waals surface area contributed by atoms with Gasteiger partial charge in [0.25, 0.3) is 0 Å². The van der Waals surface area contributed by atoms with Gasteiger partial charge in [-0.25, -0.2) is 0 Å². The first kappa shape index (κ1) is 13.1. The highest BCUT2D eigenvalue weighted by Crippen LogP contribution is 2.46. The highest BCUT2D eigenvalue weighted by atomic mass is 35.5. The molecule has 1 heterocycles. The van der Waals surface area contributed by atoms with Crippen molar-refractivity contribution >= 4 is 23.0 Å². The highest BCUT2D eigenvalue weighted by Gasteiger charge is 2.33. The Morgan fingerprint density at radius 1 is 0.783 bits per heavy atom. The van der Waals surface area contributed by atoms with Crippen molar-refractivity contribution in [2.24, 2.45) is 4.99 Å². The number of aliphatic imine (C=N–C) groups is 1. The number of benzene rings is 3. The van der Waals surface area contributed by atoms with Crippen molar-refractivity contribution in [2.75, 3.05) is 0 Å². The molecule has 0 saturated heterocycles. The lowest BCUT2D eigenvalue weighted by Gasteiger charge is -2.13. The summed E-state index contributed by atoms with van der Waals surface area (Å²) in [6.07, 6.45) is 0.902. The number of para-hydroxylation sites is 1. The average Bonchev–Trinajstić information content (AvgIpc) is 2.88. The first-order valence-corrected chi connectivity index (χ1v) is 8.25. The van der Waals surface area contributed by atoms with Crippen LogP contribution in [0.5, 0.6) is 0 Å². The van der Waals surface area contributed by atoms with E-state index in [0.29, 0.717) is 0 Å². The molecule has 2 aliphatic rings. The smallest absolute Gasteiger partial charge is 0.0672 e. The Morgan fingerprint density at radius 3 is 2.43 bits per heavy atom. The zero-order valence-corrected chi connectivity index (χ0v) is 13.2. The number of hydrogen-bond acceptors (Lipinski definition) is 1. The van der Waals surface area contributed by atoms with Crippen LogP contribution in [0.1, 0.15) is 22.6 Å². The molecule has 23 heavy (non-hydrogen) atoms. The number of fused-ring (bicyclic) bond motifs is 7. The average molecular weight is 316 g/mol. The molecule has 1 nitrogen and oxygen atoms in total. The van der Waals surface area contributed by atoms with Crippen LogP contribution in [0.4, 0.5) is 5.69 Å². The predicted molar refractivity (Wildman–Crippen MR) is 96.0 cm³/mol. The Bertz CT molecular complexity index is 971. The quantitative estimate of drug-likeness (QED) is 0.498. The second-order valence-electron chi connectivity index (χ2n) is 6.12. The zero-order valence-electron chi connectivity index (χ0n) is 12.5. The van der Waals surface area contributed by atoms with Gasteiger partial charge in [-0.2, -0.15) is 0 Å². The van der Waals surface area contributed by atoms with Crippen molar-refractivity contribution in [3.05, 3.63) is 88.4 Å². The molecule has 1 aliphatic carbocycles. The molecule has 1 unspecified atom stereocenters. The summed E-state index contributed by atoms with van der Waals surface area (Å²) in [6.45, 7) is 0.